The van der Waals surface area contributed by atoms with Crippen LogP contribution in [0.3, 0.4) is 0 Å². The minimum Gasteiger partial charge on any atom is -0.497 e. The number of hydrogen-bond donors (Lipinski definition) is 2. The molecule has 2 rings (SSSR count). The Balaban J connectivity index is 1.96. The minimum atomic E-state index is -3.76. The van der Waals surface area contributed by atoms with E-state index < -0.39 is 10.0 Å². The largest absolute Gasteiger partial charge is 0.497 e. The van der Waals surface area contributed by atoms with E-state index in [9.17, 15) is 13.2 Å². The van der Waals surface area contributed by atoms with Gasteiger partial charge in [0, 0.05) is 0 Å². The second-order valence-electron chi connectivity index (χ2n) is 5.94. The Morgan fingerprint density at radius 1 is 1.08 bits per heavy atom. The summed E-state index contributed by atoms with van der Waals surface area (Å²) in [5.41, 5.74) is 2.13. The van der Waals surface area contributed by atoms with Crippen molar-refractivity contribution in [2.24, 2.45) is 0 Å². The summed E-state index contributed by atoms with van der Waals surface area (Å²) >= 11 is 0. The molecule has 0 aromatic heterocycles. The maximum absolute atomic E-state index is 12.3. The van der Waals surface area contributed by atoms with Crippen molar-refractivity contribution in [3.05, 3.63) is 59.7 Å². The topological polar surface area (TPSA) is 84.5 Å². The summed E-state index contributed by atoms with van der Waals surface area (Å²) in [6.07, 6.45) is 0.708. The van der Waals surface area contributed by atoms with Crippen LogP contribution in [0.15, 0.2) is 53.4 Å². The maximum atomic E-state index is 12.3. The van der Waals surface area contributed by atoms with Crippen molar-refractivity contribution in [2.75, 3.05) is 13.7 Å². The van der Waals surface area contributed by atoms with Gasteiger partial charge in [0.15, 0.2) is 0 Å². The number of ether oxygens (including phenoxy) is 1. The van der Waals surface area contributed by atoms with Crippen LogP contribution in [0.1, 0.15) is 30.5 Å². The Morgan fingerprint density at radius 2 is 1.69 bits per heavy atom. The van der Waals surface area contributed by atoms with E-state index in [1.165, 1.54) is 19.2 Å². The molecule has 7 heteroatoms. The summed E-state index contributed by atoms with van der Waals surface area (Å²) in [5.74, 6) is 0.181. The lowest BCUT2D eigenvalue weighted by Crippen LogP contribution is -2.38. The molecule has 2 N–H and O–H groups in total. The molecule has 0 aliphatic rings. The van der Waals surface area contributed by atoms with Gasteiger partial charge in [-0.3, -0.25) is 4.79 Å². The van der Waals surface area contributed by atoms with Gasteiger partial charge < -0.3 is 10.1 Å². The van der Waals surface area contributed by atoms with Gasteiger partial charge in [-0.2, -0.15) is 0 Å². The van der Waals surface area contributed by atoms with E-state index in [0.717, 1.165) is 11.1 Å². The summed E-state index contributed by atoms with van der Waals surface area (Å²) in [6.45, 7) is 3.64. The molecule has 1 atom stereocenters. The molecular formula is C19H24N2O4S. The fourth-order valence-corrected chi connectivity index (χ4v) is 3.45. The zero-order valence-corrected chi connectivity index (χ0v) is 16.0. The molecule has 0 heterocycles. The molecule has 0 aliphatic heterocycles. The summed E-state index contributed by atoms with van der Waals surface area (Å²) in [5, 5.41) is 2.86. The second-order valence-corrected chi connectivity index (χ2v) is 7.71. The van der Waals surface area contributed by atoms with E-state index in [1.54, 1.807) is 12.1 Å². The number of nitrogens with one attached hydrogen (secondary N) is 2. The quantitative estimate of drug-likeness (QED) is 0.741. The number of amides is 1. The third-order valence-electron chi connectivity index (χ3n) is 4.02. The molecule has 0 spiro atoms. The first-order valence-corrected chi connectivity index (χ1v) is 9.83. The average molecular weight is 376 g/mol. The molecule has 0 saturated heterocycles. The van der Waals surface area contributed by atoms with Gasteiger partial charge in [-0.15, -0.1) is 0 Å². The first-order chi connectivity index (χ1) is 12.4. The Morgan fingerprint density at radius 3 is 2.23 bits per heavy atom. The third kappa shape index (κ3) is 5.31. The number of aryl methyl sites for hydroxylation is 1. The molecule has 0 fully saturated rings. The highest BCUT2D eigenvalue weighted by molar-refractivity contribution is 7.89. The molecule has 2 aromatic rings. The van der Waals surface area contributed by atoms with E-state index in [4.69, 9.17) is 4.74 Å². The molecule has 2 aromatic carbocycles. The van der Waals surface area contributed by atoms with Crippen molar-refractivity contribution in [3.63, 3.8) is 0 Å². The average Bonchev–Trinajstić information content (AvgIpc) is 2.65. The highest BCUT2D eigenvalue weighted by Gasteiger charge is 2.17. The molecular weight excluding hydrogens is 352 g/mol. The van der Waals surface area contributed by atoms with Gasteiger partial charge in [0.05, 0.1) is 24.6 Å². The van der Waals surface area contributed by atoms with Gasteiger partial charge >= 0.3 is 0 Å². The Hall–Kier alpha value is -2.38. The van der Waals surface area contributed by atoms with Crippen LogP contribution in [-0.2, 0) is 14.8 Å². The summed E-state index contributed by atoms with van der Waals surface area (Å²) in [4.78, 5) is 12.3. The van der Waals surface area contributed by atoms with Gasteiger partial charge in [0.1, 0.15) is 5.75 Å². The SMILES string of the molecule is CCC(NC(=O)CNS(=O)(=O)c1ccc(OC)cc1)c1ccc(C)cc1. The lowest BCUT2D eigenvalue weighted by Gasteiger charge is -2.18. The maximum Gasteiger partial charge on any atom is 0.241 e. The molecule has 0 radical (unpaired) electrons. The van der Waals surface area contributed by atoms with Crippen molar-refractivity contribution in [1.29, 1.82) is 0 Å². The molecule has 0 bridgehead atoms. The van der Waals surface area contributed by atoms with Crippen LogP contribution >= 0.6 is 0 Å². The van der Waals surface area contributed by atoms with Crippen LogP contribution in [0.2, 0.25) is 0 Å². The number of carbonyl (C=O) groups excluding carboxylic acids is 1. The zero-order valence-electron chi connectivity index (χ0n) is 15.2. The number of methoxy groups -OCH3 is 1. The van der Waals surface area contributed by atoms with E-state index in [0.29, 0.717) is 12.2 Å². The van der Waals surface area contributed by atoms with E-state index in [2.05, 4.69) is 10.0 Å². The van der Waals surface area contributed by atoms with Gasteiger partial charge in [-0.05, 0) is 43.2 Å². The smallest absolute Gasteiger partial charge is 0.241 e. The van der Waals surface area contributed by atoms with E-state index >= 15 is 0 Å². The van der Waals surface area contributed by atoms with Crippen molar-refractivity contribution < 1.29 is 17.9 Å². The third-order valence-corrected chi connectivity index (χ3v) is 5.43. The predicted molar refractivity (Wildman–Crippen MR) is 101 cm³/mol. The number of carbonyl (C=O) groups is 1. The molecule has 0 aliphatic carbocycles. The highest BCUT2D eigenvalue weighted by atomic mass is 32.2. The fraction of sp³-hybridized carbons (Fsp3) is 0.316. The molecule has 26 heavy (non-hydrogen) atoms. The van der Waals surface area contributed by atoms with Crippen LogP contribution in [-0.4, -0.2) is 28.0 Å². The van der Waals surface area contributed by atoms with Crippen molar-refractivity contribution in [1.82, 2.24) is 10.0 Å². The zero-order chi connectivity index (χ0) is 19.2. The van der Waals surface area contributed by atoms with Gasteiger partial charge in [-0.1, -0.05) is 36.8 Å². The molecule has 1 unspecified atom stereocenters. The molecule has 140 valence electrons. The van der Waals surface area contributed by atoms with Gasteiger partial charge in [0.2, 0.25) is 15.9 Å². The van der Waals surface area contributed by atoms with Crippen LogP contribution in [0, 0.1) is 6.92 Å². The van der Waals surface area contributed by atoms with Crippen LogP contribution in [0.5, 0.6) is 5.75 Å². The van der Waals surface area contributed by atoms with Crippen molar-refractivity contribution in [3.8, 4) is 5.75 Å². The second kappa shape index (κ2) is 8.82. The first-order valence-electron chi connectivity index (χ1n) is 8.35. The van der Waals surface area contributed by atoms with Crippen LogP contribution in [0.4, 0.5) is 0 Å². The minimum absolute atomic E-state index is 0.0803. The summed E-state index contributed by atoms with van der Waals surface area (Å²) in [6, 6.07) is 13.7. The van der Waals surface area contributed by atoms with Gasteiger partial charge in [0.25, 0.3) is 0 Å². The summed E-state index contributed by atoms with van der Waals surface area (Å²) < 4.78 is 31.9. The highest BCUT2D eigenvalue weighted by Crippen LogP contribution is 2.17. The molecule has 0 saturated carbocycles. The molecule has 6 nitrogen and oxygen atoms in total. The van der Waals surface area contributed by atoms with E-state index in [1.807, 2.05) is 38.1 Å². The number of sulfonamides is 1. The van der Waals surface area contributed by atoms with Crippen LogP contribution < -0.4 is 14.8 Å². The first kappa shape index (κ1) is 19.9. The normalized spacial score (nSPS) is 12.4. The lowest BCUT2D eigenvalue weighted by atomic mass is 10.0. The Labute approximate surface area is 154 Å². The van der Waals surface area contributed by atoms with Gasteiger partial charge in [-0.25, -0.2) is 13.1 Å². The Bertz CT molecular complexity index is 831. The van der Waals surface area contributed by atoms with E-state index in [-0.39, 0.29) is 23.4 Å². The predicted octanol–water partition coefficient (Wildman–Crippen LogP) is 2.55. The number of rotatable bonds is 8. The number of hydrogen-bond acceptors (Lipinski definition) is 4. The lowest BCUT2D eigenvalue weighted by molar-refractivity contribution is -0.120. The van der Waals surface area contributed by atoms with Crippen molar-refractivity contribution >= 4 is 15.9 Å². The van der Waals surface area contributed by atoms with Crippen molar-refractivity contribution in [2.45, 2.75) is 31.2 Å². The monoisotopic (exact) mass is 376 g/mol. The molecule has 1 amide bonds. The fourth-order valence-electron chi connectivity index (χ4n) is 2.46. The standard InChI is InChI=1S/C19H24N2O4S/c1-4-18(15-7-5-14(2)6-8-15)21-19(22)13-20-26(23,24)17-11-9-16(25-3)10-12-17/h5-12,18,20H,4,13H2,1-3H3,(H,21,22). The van der Waals surface area contributed by atoms with Crippen LogP contribution in [0.25, 0.3) is 0 Å². The Kier molecular flexibility index (Phi) is 6.76. The summed E-state index contributed by atoms with van der Waals surface area (Å²) in [7, 11) is -2.26. The number of benzene rings is 2.